The molecule has 2 aromatic carbocycles. The molecular weight excluding hydrogens is 406 g/mol. The summed E-state index contributed by atoms with van der Waals surface area (Å²) < 4.78 is 0. The normalized spacial score (nSPS) is 10.8. The third-order valence-corrected chi connectivity index (χ3v) is 4.89. The molecule has 2 N–H and O–H groups in total. The van der Waals surface area contributed by atoms with Crippen molar-refractivity contribution in [1.82, 2.24) is 20.3 Å². The zero-order valence-corrected chi connectivity index (χ0v) is 17.9. The number of fused-ring (bicyclic) bond motifs is 1. The first-order valence-electron chi connectivity index (χ1n) is 9.72. The summed E-state index contributed by atoms with van der Waals surface area (Å²) >= 11 is 10.8. The van der Waals surface area contributed by atoms with Crippen LogP contribution in [-0.4, -0.2) is 31.9 Å². The molecule has 0 aliphatic carbocycles. The number of benzene rings is 2. The summed E-state index contributed by atoms with van der Waals surface area (Å²) in [7, 11) is 0. The molecule has 0 radical (unpaired) electrons. The average molecular weight is 430 g/mol. The first kappa shape index (κ1) is 21.2. The van der Waals surface area contributed by atoms with E-state index in [-0.39, 0.29) is 11.0 Å². The third-order valence-electron chi connectivity index (χ3n) is 4.41. The van der Waals surface area contributed by atoms with Crippen LogP contribution in [0.3, 0.4) is 0 Å². The van der Waals surface area contributed by atoms with Crippen molar-refractivity contribution in [2.75, 3.05) is 11.2 Å². The first-order valence-corrected chi connectivity index (χ1v) is 10.7. The van der Waals surface area contributed by atoms with Gasteiger partial charge in [0.15, 0.2) is 5.11 Å². The lowest BCUT2D eigenvalue weighted by Gasteiger charge is -2.08. The van der Waals surface area contributed by atoms with Crippen molar-refractivity contribution in [3.8, 4) is 5.69 Å². The van der Waals surface area contributed by atoms with E-state index in [0.717, 1.165) is 28.8 Å². The second-order valence-electron chi connectivity index (χ2n) is 6.76. The minimum atomic E-state index is -0.155. The van der Waals surface area contributed by atoms with Gasteiger partial charge in [0.2, 0.25) is 5.91 Å². The second-order valence-corrected chi connectivity index (χ2v) is 7.54. The zero-order chi connectivity index (χ0) is 20.6. The average Bonchev–Trinajstić information content (AvgIpc) is 3.14. The van der Waals surface area contributed by atoms with Gasteiger partial charge in [0, 0.05) is 18.0 Å². The summed E-state index contributed by atoms with van der Waals surface area (Å²) in [4.78, 5) is 13.4. The monoisotopic (exact) mass is 429 g/mol. The lowest BCUT2D eigenvalue weighted by molar-refractivity contribution is -0.119. The number of unbranched alkanes of at least 4 members (excludes halogenated alkanes) is 1. The van der Waals surface area contributed by atoms with Crippen LogP contribution in [0, 0.1) is 0 Å². The third kappa shape index (κ3) is 5.98. The van der Waals surface area contributed by atoms with Gasteiger partial charge in [0.1, 0.15) is 11.0 Å². The molecule has 0 saturated heterocycles. The highest BCUT2D eigenvalue weighted by Gasteiger charge is 2.08. The van der Waals surface area contributed by atoms with Crippen molar-refractivity contribution in [3.05, 3.63) is 48.0 Å². The minimum absolute atomic E-state index is 0.155. The molecule has 0 unspecified atom stereocenters. The molecule has 8 heteroatoms. The maximum Gasteiger partial charge on any atom is 0.226 e. The Labute approximate surface area is 180 Å². The molecule has 1 amide bonds. The largest absolute Gasteiger partial charge is 0.332 e. The van der Waals surface area contributed by atoms with E-state index in [1.165, 1.54) is 18.4 Å². The van der Waals surface area contributed by atoms with Crippen molar-refractivity contribution in [2.24, 2.45) is 0 Å². The molecule has 1 aromatic heterocycles. The Kier molecular flexibility index (Phi) is 7.55. The molecule has 6 nitrogen and oxygen atoms in total. The maximum atomic E-state index is 11.7. The van der Waals surface area contributed by atoms with Gasteiger partial charge < -0.3 is 10.6 Å². The van der Waals surface area contributed by atoms with Crippen molar-refractivity contribution in [1.29, 1.82) is 0 Å². The standard InChI is InChI=1S/C21H24ClN5OS/c1-2-3-5-15-7-10-17(11-8-15)27-25-18-12-9-16(14-19(18)26-27)23-21(29)24-20(28)6-4-13-22/h7-12,14H,2-6,13H2,1H3,(H2,23,24,28,29). The molecule has 3 aromatic rings. The number of alkyl halides is 1. The van der Waals surface area contributed by atoms with Crippen LogP contribution < -0.4 is 10.6 Å². The second kappa shape index (κ2) is 10.3. The summed E-state index contributed by atoms with van der Waals surface area (Å²) in [6.07, 6.45) is 4.42. The summed E-state index contributed by atoms with van der Waals surface area (Å²) in [6.45, 7) is 2.19. The lowest BCUT2D eigenvalue weighted by Crippen LogP contribution is -2.33. The van der Waals surface area contributed by atoms with Gasteiger partial charge >= 0.3 is 0 Å². The zero-order valence-electron chi connectivity index (χ0n) is 16.3. The SMILES string of the molecule is CCCCc1ccc(-n2nc3ccc(NC(=S)NC(=O)CCCCl)cc3n2)cc1. The maximum absolute atomic E-state index is 11.7. The number of carbonyl (C=O) groups is 1. The van der Waals surface area contributed by atoms with Crippen molar-refractivity contribution in [3.63, 3.8) is 0 Å². The van der Waals surface area contributed by atoms with Crippen LogP contribution in [0.15, 0.2) is 42.5 Å². The number of hydrogen-bond acceptors (Lipinski definition) is 4. The molecule has 0 spiro atoms. The predicted molar refractivity (Wildman–Crippen MR) is 122 cm³/mol. The van der Waals surface area contributed by atoms with Gasteiger partial charge in [0.05, 0.1) is 5.69 Å². The highest BCUT2D eigenvalue weighted by Crippen LogP contribution is 2.18. The van der Waals surface area contributed by atoms with Gasteiger partial charge in [-0.3, -0.25) is 4.79 Å². The van der Waals surface area contributed by atoms with Crippen LogP contribution >= 0.6 is 23.8 Å². The molecular formula is C21H24ClN5OS. The Bertz CT molecular complexity index is 986. The van der Waals surface area contributed by atoms with Gasteiger partial charge in [-0.05, 0) is 67.4 Å². The van der Waals surface area contributed by atoms with E-state index >= 15 is 0 Å². The van der Waals surface area contributed by atoms with Crippen LogP contribution in [0.25, 0.3) is 16.7 Å². The summed E-state index contributed by atoms with van der Waals surface area (Å²) in [6, 6.07) is 13.9. The highest BCUT2D eigenvalue weighted by molar-refractivity contribution is 7.80. The van der Waals surface area contributed by atoms with E-state index in [4.69, 9.17) is 23.8 Å². The summed E-state index contributed by atoms with van der Waals surface area (Å²) in [5.41, 5.74) is 4.49. The summed E-state index contributed by atoms with van der Waals surface area (Å²) in [5.74, 6) is 0.291. The molecule has 0 bridgehead atoms. The van der Waals surface area contributed by atoms with Crippen LogP contribution in [0.4, 0.5) is 5.69 Å². The van der Waals surface area contributed by atoms with E-state index < -0.39 is 0 Å². The van der Waals surface area contributed by atoms with E-state index in [2.05, 4.69) is 39.9 Å². The Morgan fingerprint density at radius 3 is 2.59 bits per heavy atom. The van der Waals surface area contributed by atoms with Crippen molar-refractivity contribution in [2.45, 2.75) is 39.0 Å². The number of hydrogen-bond donors (Lipinski definition) is 2. The fraction of sp³-hybridized carbons (Fsp3) is 0.333. The Hall–Kier alpha value is -2.51. The highest BCUT2D eigenvalue weighted by atomic mass is 35.5. The van der Waals surface area contributed by atoms with E-state index in [1.54, 1.807) is 4.80 Å². The number of nitrogens with one attached hydrogen (secondary N) is 2. The Morgan fingerprint density at radius 1 is 1.10 bits per heavy atom. The van der Waals surface area contributed by atoms with Crippen molar-refractivity contribution < 1.29 is 4.79 Å². The molecule has 1 heterocycles. The van der Waals surface area contributed by atoms with Crippen LogP contribution in [0.2, 0.25) is 0 Å². The quantitative estimate of drug-likeness (QED) is 0.404. The number of amides is 1. The lowest BCUT2D eigenvalue weighted by atomic mass is 10.1. The topological polar surface area (TPSA) is 71.8 Å². The molecule has 3 rings (SSSR count). The molecule has 0 atom stereocenters. The minimum Gasteiger partial charge on any atom is -0.332 e. The van der Waals surface area contributed by atoms with Gasteiger partial charge in [-0.1, -0.05) is 25.5 Å². The van der Waals surface area contributed by atoms with E-state index in [9.17, 15) is 4.79 Å². The molecule has 29 heavy (non-hydrogen) atoms. The number of thiocarbonyl (C=S) groups is 1. The van der Waals surface area contributed by atoms with Gasteiger partial charge in [0.25, 0.3) is 0 Å². The fourth-order valence-electron chi connectivity index (χ4n) is 2.86. The molecule has 0 saturated carbocycles. The molecule has 152 valence electrons. The Balaban J connectivity index is 1.68. The van der Waals surface area contributed by atoms with Crippen LogP contribution in [-0.2, 0) is 11.2 Å². The van der Waals surface area contributed by atoms with Crippen LogP contribution in [0.1, 0.15) is 38.2 Å². The smallest absolute Gasteiger partial charge is 0.226 e. The van der Waals surface area contributed by atoms with Gasteiger partial charge in [-0.15, -0.1) is 21.8 Å². The number of halogens is 1. The fourth-order valence-corrected chi connectivity index (χ4v) is 3.23. The van der Waals surface area contributed by atoms with E-state index in [1.807, 2.05) is 30.3 Å². The number of nitrogens with zero attached hydrogens (tertiary/aromatic N) is 3. The van der Waals surface area contributed by atoms with Gasteiger partial charge in [-0.2, -0.15) is 4.80 Å². The number of rotatable bonds is 8. The predicted octanol–water partition coefficient (Wildman–Crippen LogP) is 4.60. The van der Waals surface area contributed by atoms with E-state index in [0.29, 0.717) is 18.7 Å². The number of anilines is 1. The molecule has 0 fully saturated rings. The Morgan fingerprint density at radius 2 is 1.86 bits per heavy atom. The van der Waals surface area contributed by atoms with Gasteiger partial charge in [-0.25, -0.2) is 0 Å². The molecule has 0 aliphatic rings. The number of carbonyl (C=O) groups excluding carboxylic acids is 1. The molecule has 0 aliphatic heterocycles. The first-order chi connectivity index (χ1) is 14.1. The summed E-state index contributed by atoms with van der Waals surface area (Å²) in [5, 5.41) is 15.0. The van der Waals surface area contributed by atoms with Crippen LogP contribution in [0.5, 0.6) is 0 Å². The number of aryl methyl sites for hydroxylation is 1. The van der Waals surface area contributed by atoms with Crippen molar-refractivity contribution >= 4 is 51.6 Å². The number of aromatic nitrogens is 3.